The van der Waals surface area contributed by atoms with Crippen molar-refractivity contribution >= 4 is 17.9 Å². The molecule has 390 valence electrons. The second-order valence-electron chi connectivity index (χ2n) is 17.6. The summed E-state index contributed by atoms with van der Waals surface area (Å²) in [7, 11) is 0. The molecule has 0 aliphatic heterocycles. The van der Waals surface area contributed by atoms with Crippen LogP contribution in [0.3, 0.4) is 0 Å². The average molecular weight is 963 g/mol. The monoisotopic (exact) mass is 963 g/mol. The molecule has 0 radical (unpaired) electrons. The highest BCUT2D eigenvalue weighted by Gasteiger charge is 2.19. The summed E-state index contributed by atoms with van der Waals surface area (Å²) in [6.45, 7) is 6.26. The Labute approximate surface area is 429 Å². The average Bonchev–Trinajstić information content (AvgIpc) is 3.36. The van der Waals surface area contributed by atoms with Crippen LogP contribution in [-0.2, 0) is 28.6 Å². The maximum Gasteiger partial charge on any atom is 0.306 e. The Hall–Kier alpha value is -4.97. The zero-order chi connectivity index (χ0) is 50.7. The van der Waals surface area contributed by atoms with Crippen LogP contribution in [0, 0.1) is 0 Å². The zero-order valence-corrected chi connectivity index (χ0v) is 44.5. The second kappa shape index (κ2) is 56.6. The molecule has 1 unspecified atom stereocenters. The molecule has 0 heterocycles. The van der Waals surface area contributed by atoms with Crippen LogP contribution in [0.1, 0.15) is 207 Å². The highest BCUT2D eigenvalue weighted by Crippen LogP contribution is 2.12. The highest BCUT2D eigenvalue weighted by atomic mass is 16.6. The molecule has 0 aromatic heterocycles. The molecule has 0 aromatic rings. The standard InChI is InChI=1S/C64H98O6/c1-4-7-10-13-16-19-22-25-28-31-32-34-36-39-42-45-48-51-54-57-63(66)69-60-61(59-68-62(65)56-53-50-47-44-41-38-35-30-27-24-21-18-15-12-9-6-3)70-64(67)58-55-52-49-46-43-40-37-33-29-26-23-20-17-14-11-8-5-2/h7-8,10-11,14,16-17,19-20,23,25-26,28-30,32-35,37-43,61H,4-6,9,12-13,15,18,21-22,24,27,31,36,44-60H2,1-3H3/b10-7-,11-8-,17-14-,19-16-,23-20-,28-25-,29-26-,34-32-,35-30-,37-33+,41-38-,42-39-,43-40-. The van der Waals surface area contributed by atoms with Gasteiger partial charge in [0, 0.05) is 19.3 Å². The van der Waals surface area contributed by atoms with Gasteiger partial charge in [0.1, 0.15) is 13.2 Å². The molecule has 0 aliphatic rings. The van der Waals surface area contributed by atoms with Crippen molar-refractivity contribution in [1.29, 1.82) is 0 Å². The molecule has 0 saturated heterocycles. The topological polar surface area (TPSA) is 78.9 Å². The second-order valence-corrected chi connectivity index (χ2v) is 17.6. The van der Waals surface area contributed by atoms with Crippen molar-refractivity contribution in [2.75, 3.05) is 13.2 Å². The number of allylic oxidation sites excluding steroid dienone is 26. The Kier molecular flexibility index (Phi) is 52.6. The summed E-state index contributed by atoms with van der Waals surface area (Å²) in [5.41, 5.74) is 0. The fourth-order valence-corrected chi connectivity index (χ4v) is 6.84. The van der Waals surface area contributed by atoms with Gasteiger partial charge in [-0.05, 0) is 109 Å². The van der Waals surface area contributed by atoms with E-state index < -0.39 is 6.10 Å². The molecule has 0 aromatic carbocycles. The zero-order valence-electron chi connectivity index (χ0n) is 44.5. The molecular formula is C64H98O6. The first-order chi connectivity index (χ1) is 34.5. The van der Waals surface area contributed by atoms with E-state index in [1.54, 1.807) is 0 Å². The number of carbonyl (C=O) groups is 3. The third kappa shape index (κ3) is 54.0. The van der Waals surface area contributed by atoms with E-state index in [4.69, 9.17) is 14.2 Å². The fourth-order valence-electron chi connectivity index (χ4n) is 6.84. The first-order valence-electron chi connectivity index (χ1n) is 27.6. The number of ether oxygens (including phenoxy) is 3. The van der Waals surface area contributed by atoms with E-state index in [-0.39, 0.29) is 37.5 Å². The third-order valence-electron chi connectivity index (χ3n) is 10.9. The van der Waals surface area contributed by atoms with E-state index >= 15 is 0 Å². The molecule has 0 aliphatic carbocycles. The smallest absolute Gasteiger partial charge is 0.306 e. The predicted octanol–water partition coefficient (Wildman–Crippen LogP) is 18.6. The Bertz CT molecular complexity index is 1620. The summed E-state index contributed by atoms with van der Waals surface area (Å²) in [6, 6.07) is 0. The Balaban J connectivity index is 4.62. The van der Waals surface area contributed by atoms with Crippen LogP contribution in [0.5, 0.6) is 0 Å². The van der Waals surface area contributed by atoms with E-state index in [0.29, 0.717) is 19.3 Å². The molecule has 0 fully saturated rings. The molecule has 0 bridgehead atoms. The van der Waals surface area contributed by atoms with Gasteiger partial charge in [0.05, 0.1) is 0 Å². The maximum atomic E-state index is 12.8. The first-order valence-corrected chi connectivity index (χ1v) is 27.6. The van der Waals surface area contributed by atoms with Gasteiger partial charge in [-0.2, -0.15) is 0 Å². The predicted molar refractivity (Wildman–Crippen MR) is 302 cm³/mol. The van der Waals surface area contributed by atoms with Crippen LogP contribution in [0.4, 0.5) is 0 Å². The van der Waals surface area contributed by atoms with Gasteiger partial charge in [-0.15, -0.1) is 0 Å². The molecule has 1 atom stereocenters. The van der Waals surface area contributed by atoms with Crippen LogP contribution in [-0.4, -0.2) is 37.2 Å². The molecule has 6 nitrogen and oxygen atoms in total. The van der Waals surface area contributed by atoms with Gasteiger partial charge in [0.2, 0.25) is 0 Å². The van der Waals surface area contributed by atoms with Crippen LogP contribution >= 0.6 is 0 Å². The lowest BCUT2D eigenvalue weighted by Crippen LogP contribution is -2.30. The first kappa shape index (κ1) is 65.0. The van der Waals surface area contributed by atoms with E-state index in [9.17, 15) is 14.4 Å². The molecule has 70 heavy (non-hydrogen) atoms. The van der Waals surface area contributed by atoms with Crippen molar-refractivity contribution < 1.29 is 28.6 Å². The Morgan fingerprint density at radius 1 is 0.314 bits per heavy atom. The Morgan fingerprint density at radius 3 is 1.06 bits per heavy atom. The van der Waals surface area contributed by atoms with Crippen LogP contribution < -0.4 is 0 Å². The SMILES string of the molecule is CC\C=C/C=C\C=C/C=C\C=C\C=C/CCCCCC(=O)OC(COC(=O)CCCCC/C=C\C=C/CCCCCCCCC)COC(=O)CCCCC/C=C\C/C=C\C/C=C\C/C=C\C/C=C\CC. The lowest BCUT2D eigenvalue weighted by molar-refractivity contribution is -0.167. The third-order valence-corrected chi connectivity index (χ3v) is 10.9. The van der Waals surface area contributed by atoms with E-state index in [1.165, 1.54) is 44.9 Å². The van der Waals surface area contributed by atoms with Gasteiger partial charge < -0.3 is 14.2 Å². The minimum Gasteiger partial charge on any atom is -0.462 e. The van der Waals surface area contributed by atoms with Crippen molar-refractivity contribution in [2.24, 2.45) is 0 Å². The van der Waals surface area contributed by atoms with Crippen molar-refractivity contribution in [3.8, 4) is 0 Å². The van der Waals surface area contributed by atoms with Gasteiger partial charge in [-0.3, -0.25) is 14.4 Å². The molecule has 0 rings (SSSR count). The summed E-state index contributed by atoms with van der Waals surface area (Å²) < 4.78 is 16.8. The summed E-state index contributed by atoms with van der Waals surface area (Å²) >= 11 is 0. The molecular weight excluding hydrogens is 865 g/mol. The quantitative estimate of drug-likeness (QED) is 0.0199. The lowest BCUT2D eigenvalue weighted by Gasteiger charge is -2.18. The summed E-state index contributed by atoms with van der Waals surface area (Å²) in [5.74, 6) is -1.04. The van der Waals surface area contributed by atoms with Gasteiger partial charge in [0.15, 0.2) is 6.10 Å². The van der Waals surface area contributed by atoms with E-state index in [1.807, 2.05) is 60.8 Å². The largest absolute Gasteiger partial charge is 0.462 e. The number of rotatable bonds is 47. The van der Waals surface area contributed by atoms with Crippen molar-refractivity contribution in [2.45, 2.75) is 213 Å². The van der Waals surface area contributed by atoms with Gasteiger partial charge >= 0.3 is 17.9 Å². The fraction of sp³-hybridized carbons (Fsp3) is 0.547. The lowest BCUT2D eigenvalue weighted by atomic mass is 10.1. The number of hydrogen-bond acceptors (Lipinski definition) is 6. The summed E-state index contributed by atoms with van der Waals surface area (Å²) in [5, 5.41) is 0. The normalized spacial score (nSPS) is 13.4. The molecule has 0 N–H and O–H groups in total. The molecule has 6 heteroatoms. The highest BCUT2D eigenvalue weighted by molar-refractivity contribution is 5.71. The van der Waals surface area contributed by atoms with Crippen molar-refractivity contribution in [1.82, 2.24) is 0 Å². The summed E-state index contributed by atoms with van der Waals surface area (Å²) in [4.78, 5) is 38.1. The molecule has 0 saturated carbocycles. The van der Waals surface area contributed by atoms with Gasteiger partial charge in [-0.1, -0.05) is 237 Å². The van der Waals surface area contributed by atoms with Crippen LogP contribution in [0.15, 0.2) is 158 Å². The van der Waals surface area contributed by atoms with Crippen LogP contribution in [0.25, 0.3) is 0 Å². The van der Waals surface area contributed by atoms with Crippen molar-refractivity contribution in [3.63, 3.8) is 0 Å². The minimum atomic E-state index is -0.835. The molecule has 0 amide bonds. The van der Waals surface area contributed by atoms with E-state index in [2.05, 4.69) is 118 Å². The molecule has 0 spiro atoms. The summed E-state index contributed by atoms with van der Waals surface area (Å²) in [6.07, 6.45) is 82.2. The minimum absolute atomic E-state index is 0.128. The number of esters is 3. The maximum absolute atomic E-state index is 12.8. The number of hydrogen-bond donors (Lipinski definition) is 0. The number of unbranched alkanes of at least 4 members (excludes halogenated alkanes) is 16. The van der Waals surface area contributed by atoms with E-state index in [0.717, 1.165) is 116 Å². The van der Waals surface area contributed by atoms with Gasteiger partial charge in [-0.25, -0.2) is 0 Å². The van der Waals surface area contributed by atoms with Crippen molar-refractivity contribution in [3.05, 3.63) is 158 Å². The van der Waals surface area contributed by atoms with Crippen LogP contribution in [0.2, 0.25) is 0 Å². The number of carbonyl (C=O) groups excluding carboxylic acids is 3. The Morgan fingerprint density at radius 2 is 0.629 bits per heavy atom. The van der Waals surface area contributed by atoms with Gasteiger partial charge in [0.25, 0.3) is 0 Å².